The standard InChI is InChI=1S/C11H7NO/c1-3-12-11-6-8-2-4-13-7-10(8)5-9(1)11/h1-7H. The van der Waals surface area contributed by atoms with Crippen LogP contribution < -0.4 is 0 Å². The molecule has 1 aromatic carbocycles. The number of rotatable bonds is 0. The molecule has 2 heterocycles. The molecule has 2 nitrogen and oxygen atoms in total. The summed E-state index contributed by atoms with van der Waals surface area (Å²) in [6, 6.07) is 8.10. The molecule has 0 saturated heterocycles. The number of aromatic nitrogens is 1. The molecule has 0 N–H and O–H groups in total. The van der Waals surface area contributed by atoms with E-state index < -0.39 is 0 Å². The molecule has 2 heteroatoms. The molecule has 2 aromatic heterocycles. The molecule has 0 amide bonds. The minimum absolute atomic E-state index is 1.04. The average Bonchev–Trinajstić information content (AvgIpc) is 2.61. The summed E-state index contributed by atoms with van der Waals surface area (Å²) in [5.74, 6) is 0. The third kappa shape index (κ3) is 0.920. The van der Waals surface area contributed by atoms with Crippen molar-refractivity contribution in [1.29, 1.82) is 0 Å². The van der Waals surface area contributed by atoms with Crippen molar-refractivity contribution >= 4 is 21.7 Å². The molecule has 3 rings (SSSR count). The molecule has 0 aliphatic heterocycles. The van der Waals surface area contributed by atoms with E-state index in [-0.39, 0.29) is 0 Å². The highest BCUT2D eigenvalue weighted by atomic mass is 16.3. The van der Waals surface area contributed by atoms with E-state index in [1.165, 1.54) is 0 Å². The lowest BCUT2D eigenvalue weighted by molar-refractivity contribution is 0.557. The van der Waals surface area contributed by atoms with Crippen LogP contribution in [0.4, 0.5) is 0 Å². The highest BCUT2D eigenvalue weighted by Crippen LogP contribution is 2.21. The van der Waals surface area contributed by atoms with Crippen molar-refractivity contribution in [2.24, 2.45) is 0 Å². The lowest BCUT2D eigenvalue weighted by atomic mass is 10.1. The van der Waals surface area contributed by atoms with Crippen LogP contribution in [0, 0.1) is 0 Å². The van der Waals surface area contributed by atoms with Gasteiger partial charge in [0.15, 0.2) is 0 Å². The smallest absolute Gasteiger partial charge is 0.0980 e. The zero-order chi connectivity index (χ0) is 8.67. The van der Waals surface area contributed by atoms with Gasteiger partial charge in [-0.25, -0.2) is 0 Å². The molecule has 62 valence electrons. The number of nitrogens with zero attached hydrogens (tertiary/aromatic N) is 1. The highest BCUT2D eigenvalue weighted by molar-refractivity contribution is 5.95. The van der Waals surface area contributed by atoms with Gasteiger partial charge in [-0.05, 0) is 29.7 Å². The molecular weight excluding hydrogens is 162 g/mol. The van der Waals surface area contributed by atoms with Gasteiger partial charge in [0, 0.05) is 17.0 Å². The summed E-state index contributed by atoms with van der Waals surface area (Å²) in [5.41, 5.74) is 1.04. The third-order valence-corrected chi connectivity index (χ3v) is 2.22. The Morgan fingerprint density at radius 1 is 1.00 bits per heavy atom. The quantitative estimate of drug-likeness (QED) is 0.517. The van der Waals surface area contributed by atoms with E-state index in [0.29, 0.717) is 0 Å². The van der Waals surface area contributed by atoms with Gasteiger partial charge in [0.25, 0.3) is 0 Å². The molecule has 0 bridgehead atoms. The summed E-state index contributed by atoms with van der Waals surface area (Å²) in [6.45, 7) is 0. The average molecular weight is 169 g/mol. The Hall–Kier alpha value is -1.83. The van der Waals surface area contributed by atoms with Crippen molar-refractivity contribution in [2.45, 2.75) is 0 Å². The predicted octanol–water partition coefficient (Wildman–Crippen LogP) is 2.98. The second kappa shape index (κ2) is 2.33. The monoisotopic (exact) mass is 169 g/mol. The van der Waals surface area contributed by atoms with E-state index in [4.69, 9.17) is 4.42 Å². The van der Waals surface area contributed by atoms with E-state index in [9.17, 15) is 0 Å². The first-order chi connectivity index (χ1) is 6.43. The van der Waals surface area contributed by atoms with E-state index in [1.54, 1.807) is 12.5 Å². The maximum Gasteiger partial charge on any atom is 0.0980 e. The van der Waals surface area contributed by atoms with Crippen LogP contribution in [-0.2, 0) is 0 Å². The van der Waals surface area contributed by atoms with Gasteiger partial charge in [-0.1, -0.05) is 0 Å². The molecule has 0 spiro atoms. The summed E-state index contributed by atoms with van der Waals surface area (Å²) in [6.07, 6.45) is 5.25. The first-order valence-corrected chi connectivity index (χ1v) is 4.14. The van der Waals surface area contributed by atoms with E-state index in [2.05, 4.69) is 17.1 Å². The van der Waals surface area contributed by atoms with Crippen LogP contribution in [0.25, 0.3) is 21.7 Å². The number of fused-ring (bicyclic) bond motifs is 2. The fourth-order valence-corrected chi connectivity index (χ4v) is 1.55. The maximum atomic E-state index is 5.10. The molecule has 0 radical (unpaired) electrons. The van der Waals surface area contributed by atoms with Crippen LogP contribution in [0.3, 0.4) is 0 Å². The number of benzene rings is 1. The Bertz CT molecular complexity index is 519. The summed E-state index contributed by atoms with van der Waals surface area (Å²) < 4.78 is 5.10. The van der Waals surface area contributed by atoms with Gasteiger partial charge < -0.3 is 4.42 Å². The molecule has 13 heavy (non-hydrogen) atoms. The van der Waals surface area contributed by atoms with Crippen molar-refractivity contribution in [2.75, 3.05) is 0 Å². The lowest BCUT2D eigenvalue weighted by Gasteiger charge is -1.95. The van der Waals surface area contributed by atoms with Crippen LogP contribution in [0.1, 0.15) is 0 Å². The molecule has 0 unspecified atom stereocenters. The van der Waals surface area contributed by atoms with Crippen molar-refractivity contribution in [3.05, 3.63) is 43.0 Å². The van der Waals surface area contributed by atoms with E-state index in [0.717, 1.165) is 21.7 Å². The maximum absolute atomic E-state index is 5.10. The zero-order valence-corrected chi connectivity index (χ0v) is 6.90. The second-order valence-corrected chi connectivity index (χ2v) is 3.04. The molecule has 0 aliphatic rings. The molecule has 0 fully saturated rings. The highest BCUT2D eigenvalue weighted by Gasteiger charge is 1.98. The van der Waals surface area contributed by atoms with Gasteiger partial charge in [0.1, 0.15) is 0 Å². The predicted molar refractivity (Wildman–Crippen MR) is 51.5 cm³/mol. The van der Waals surface area contributed by atoms with Crippen molar-refractivity contribution in [3.8, 4) is 0 Å². The summed E-state index contributed by atoms with van der Waals surface area (Å²) in [4.78, 5) is 4.24. The normalized spacial score (nSPS) is 11.1. The Labute approximate surface area is 74.8 Å². The second-order valence-electron chi connectivity index (χ2n) is 3.04. The van der Waals surface area contributed by atoms with E-state index >= 15 is 0 Å². The molecule has 0 atom stereocenters. The van der Waals surface area contributed by atoms with Crippen LogP contribution in [0.5, 0.6) is 0 Å². The number of hydrogen-bond acceptors (Lipinski definition) is 2. The van der Waals surface area contributed by atoms with Gasteiger partial charge >= 0.3 is 0 Å². The fraction of sp³-hybridized carbons (Fsp3) is 0. The van der Waals surface area contributed by atoms with Gasteiger partial charge in [0.2, 0.25) is 0 Å². The summed E-state index contributed by atoms with van der Waals surface area (Å²) in [5, 5.41) is 3.44. The van der Waals surface area contributed by atoms with Crippen molar-refractivity contribution < 1.29 is 4.42 Å². The third-order valence-electron chi connectivity index (χ3n) is 2.22. The van der Waals surface area contributed by atoms with Crippen molar-refractivity contribution in [1.82, 2.24) is 4.98 Å². The molecule has 0 saturated carbocycles. The van der Waals surface area contributed by atoms with Gasteiger partial charge in [-0.15, -0.1) is 0 Å². The van der Waals surface area contributed by atoms with Crippen LogP contribution in [-0.4, -0.2) is 4.98 Å². The zero-order valence-electron chi connectivity index (χ0n) is 6.90. The Balaban J connectivity index is 2.57. The molecular formula is C11H7NO. The topological polar surface area (TPSA) is 26.0 Å². The van der Waals surface area contributed by atoms with Crippen molar-refractivity contribution in [3.63, 3.8) is 0 Å². The minimum Gasteiger partial charge on any atom is -0.472 e. The molecule has 0 aliphatic carbocycles. The Morgan fingerprint density at radius 2 is 2.00 bits per heavy atom. The fourth-order valence-electron chi connectivity index (χ4n) is 1.55. The summed E-state index contributed by atoms with van der Waals surface area (Å²) >= 11 is 0. The van der Waals surface area contributed by atoms with E-state index in [1.807, 2.05) is 18.3 Å². The first kappa shape index (κ1) is 6.66. The Morgan fingerprint density at radius 3 is 3.00 bits per heavy atom. The van der Waals surface area contributed by atoms with Gasteiger partial charge in [-0.2, -0.15) is 0 Å². The van der Waals surface area contributed by atoms with Gasteiger partial charge in [-0.3, -0.25) is 4.98 Å². The SMILES string of the molecule is c1cc2cc3coccc3cc2n1. The van der Waals surface area contributed by atoms with Crippen LogP contribution in [0.15, 0.2) is 47.4 Å². The lowest BCUT2D eigenvalue weighted by Crippen LogP contribution is -1.72. The minimum atomic E-state index is 1.04. The van der Waals surface area contributed by atoms with Gasteiger partial charge in [0.05, 0.1) is 18.0 Å². The first-order valence-electron chi connectivity index (χ1n) is 4.14. The van der Waals surface area contributed by atoms with Crippen LogP contribution >= 0.6 is 0 Å². The molecule has 3 aromatic rings. The number of hydrogen-bond donors (Lipinski definition) is 0. The largest absolute Gasteiger partial charge is 0.472 e. The van der Waals surface area contributed by atoms with Crippen LogP contribution in [0.2, 0.25) is 0 Å². The summed E-state index contributed by atoms with van der Waals surface area (Å²) in [7, 11) is 0. The Kier molecular flexibility index (Phi) is 1.19.